The van der Waals surface area contributed by atoms with Gasteiger partial charge in [0.2, 0.25) is 4.91 Å². The van der Waals surface area contributed by atoms with Crippen molar-refractivity contribution in [2.24, 2.45) is 12.2 Å². The van der Waals surface area contributed by atoms with Gasteiger partial charge < -0.3 is 15.4 Å². The first-order chi connectivity index (χ1) is 17.5. The highest BCUT2D eigenvalue weighted by Gasteiger charge is 2.13. The molecule has 10 nitrogen and oxygen atoms in total. The fourth-order valence-corrected chi connectivity index (χ4v) is 3.47. The van der Waals surface area contributed by atoms with Crippen molar-refractivity contribution in [3.8, 4) is 17.0 Å². The second-order valence-corrected chi connectivity index (χ2v) is 7.73. The van der Waals surface area contributed by atoms with Gasteiger partial charge in [0.15, 0.2) is 10.8 Å². The van der Waals surface area contributed by atoms with E-state index in [0.29, 0.717) is 46.4 Å². The summed E-state index contributed by atoms with van der Waals surface area (Å²) in [5.41, 5.74) is 10.3. The Morgan fingerprint density at radius 2 is 1.69 bits per heavy atom. The molecule has 3 aromatic carbocycles. The van der Waals surface area contributed by atoms with Crippen LogP contribution in [0.15, 0.2) is 84.0 Å². The van der Waals surface area contributed by atoms with Crippen molar-refractivity contribution in [3.63, 3.8) is 0 Å². The maximum atomic E-state index is 12.6. The van der Waals surface area contributed by atoms with Crippen LogP contribution in [0.5, 0.6) is 5.75 Å². The van der Waals surface area contributed by atoms with Gasteiger partial charge >= 0.3 is 0 Å². The van der Waals surface area contributed by atoms with Gasteiger partial charge in [0, 0.05) is 35.5 Å². The van der Waals surface area contributed by atoms with E-state index in [9.17, 15) is 9.59 Å². The lowest BCUT2D eigenvalue weighted by atomic mass is 10.1. The van der Waals surface area contributed by atoms with Crippen molar-refractivity contribution in [2.75, 3.05) is 17.2 Å². The van der Waals surface area contributed by atoms with Crippen LogP contribution >= 0.6 is 0 Å². The first kappa shape index (κ1) is 24.1. The SMILES string of the molecule is CCOc1cccc(C(=O)Nc2ccc(-c3cc(NC(=O)c4ccc(N=[N+]=N)cc4)n(C)n3)cc2)c1. The van der Waals surface area contributed by atoms with E-state index in [1.54, 1.807) is 72.4 Å². The molecule has 4 aromatic rings. The molecule has 0 aliphatic carbocycles. The summed E-state index contributed by atoms with van der Waals surface area (Å²) in [6.07, 6.45) is 0. The molecular formula is C26H24N7O3+. The lowest BCUT2D eigenvalue weighted by Gasteiger charge is -2.08. The van der Waals surface area contributed by atoms with Crippen molar-refractivity contribution in [3.05, 3.63) is 90.0 Å². The van der Waals surface area contributed by atoms with Gasteiger partial charge in [0.1, 0.15) is 17.1 Å². The van der Waals surface area contributed by atoms with Gasteiger partial charge in [-0.15, -0.1) is 0 Å². The van der Waals surface area contributed by atoms with Crippen LogP contribution in [0.3, 0.4) is 0 Å². The minimum atomic E-state index is -0.301. The average molecular weight is 483 g/mol. The number of hydrogen-bond acceptors (Lipinski definition) is 6. The molecule has 4 rings (SSSR count). The number of nitrogens with zero attached hydrogens (tertiary/aromatic N) is 4. The number of carbonyl (C=O) groups is 2. The lowest BCUT2D eigenvalue weighted by Crippen LogP contribution is -2.14. The molecule has 180 valence electrons. The molecule has 0 saturated carbocycles. The van der Waals surface area contributed by atoms with Gasteiger partial charge in [0.25, 0.3) is 11.8 Å². The summed E-state index contributed by atoms with van der Waals surface area (Å²) in [7, 11) is 1.74. The fraction of sp³-hybridized carbons (Fsp3) is 0.115. The van der Waals surface area contributed by atoms with E-state index in [-0.39, 0.29) is 11.8 Å². The van der Waals surface area contributed by atoms with E-state index in [1.807, 2.05) is 25.1 Å². The highest BCUT2D eigenvalue weighted by Crippen LogP contribution is 2.24. The molecule has 0 atom stereocenters. The predicted octanol–water partition coefficient (Wildman–Crippen LogP) is 5.17. The van der Waals surface area contributed by atoms with E-state index < -0.39 is 0 Å². The zero-order chi connectivity index (χ0) is 25.5. The topological polar surface area (TPSA) is 136 Å². The number of hydrogen-bond donors (Lipinski definition) is 3. The molecule has 0 radical (unpaired) electrons. The number of nitrogens with one attached hydrogen (secondary N) is 3. The summed E-state index contributed by atoms with van der Waals surface area (Å²) in [5, 5.41) is 13.8. The van der Waals surface area contributed by atoms with Crippen molar-refractivity contribution in [1.29, 1.82) is 5.53 Å². The van der Waals surface area contributed by atoms with E-state index in [1.165, 1.54) is 0 Å². The molecule has 0 bridgehead atoms. The Kier molecular flexibility index (Phi) is 7.28. The Morgan fingerprint density at radius 3 is 2.39 bits per heavy atom. The molecule has 0 fully saturated rings. The zero-order valence-electron chi connectivity index (χ0n) is 19.7. The van der Waals surface area contributed by atoms with Gasteiger partial charge in [-0.2, -0.15) is 5.10 Å². The van der Waals surface area contributed by atoms with Crippen LogP contribution in [-0.4, -0.2) is 28.2 Å². The highest BCUT2D eigenvalue weighted by molar-refractivity contribution is 6.05. The molecule has 2 amide bonds. The normalized spacial score (nSPS) is 10.3. The van der Waals surface area contributed by atoms with E-state index >= 15 is 0 Å². The number of carbonyl (C=O) groups excluding carboxylic acids is 2. The molecule has 0 saturated heterocycles. The number of aromatic nitrogens is 2. The highest BCUT2D eigenvalue weighted by atomic mass is 16.5. The maximum Gasteiger partial charge on any atom is 0.256 e. The summed E-state index contributed by atoms with van der Waals surface area (Å²) >= 11 is 0. The monoisotopic (exact) mass is 482 g/mol. The standard InChI is InChI=1S/C26H23N7O3/c1-3-36-22-6-4-5-19(15-22)26(35)28-20-11-7-17(8-12-20)23-16-24(33(2)31-23)29-25(34)18-9-13-21(14-10-18)30-32-27/h4-16H,3H2,1-2H3,(H2-,27,28,29,30,31,34,35)/p+1. The molecule has 1 heterocycles. The molecule has 0 aliphatic heterocycles. The van der Waals surface area contributed by atoms with Gasteiger partial charge in [-0.25, -0.2) is 0 Å². The van der Waals surface area contributed by atoms with E-state index in [2.05, 4.69) is 25.8 Å². The van der Waals surface area contributed by atoms with Gasteiger partial charge in [0.05, 0.1) is 12.3 Å². The molecule has 0 aliphatic rings. The number of anilines is 2. The lowest BCUT2D eigenvalue weighted by molar-refractivity contribution is 0.101. The summed E-state index contributed by atoms with van der Waals surface area (Å²) < 4.78 is 7.04. The minimum absolute atomic E-state index is 0.233. The molecule has 10 heteroatoms. The van der Waals surface area contributed by atoms with Crippen molar-refractivity contribution in [1.82, 2.24) is 14.7 Å². The number of ether oxygens (including phenoxy) is 1. The Hall–Kier alpha value is -5.08. The van der Waals surface area contributed by atoms with Crippen LogP contribution in [0.4, 0.5) is 17.2 Å². The van der Waals surface area contributed by atoms with Gasteiger partial charge in [-0.3, -0.25) is 14.3 Å². The smallest absolute Gasteiger partial charge is 0.256 e. The Morgan fingerprint density at radius 1 is 0.972 bits per heavy atom. The first-order valence-corrected chi connectivity index (χ1v) is 11.1. The van der Waals surface area contributed by atoms with E-state index in [4.69, 9.17) is 10.3 Å². The third kappa shape index (κ3) is 5.69. The zero-order valence-corrected chi connectivity index (χ0v) is 19.7. The quantitative estimate of drug-likeness (QED) is 0.236. The first-order valence-electron chi connectivity index (χ1n) is 11.1. The van der Waals surface area contributed by atoms with Crippen LogP contribution in [0.1, 0.15) is 27.6 Å². The third-order valence-corrected chi connectivity index (χ3v) is 5.26. The van der Waals surface area contributed by atoms with Crippen LogP contribution < -0.4 is 20.3 Å². The number of benzene rings is 3. The average Bonchev–Trinajstić information content (AvgIpc) is 3.25. The maximum absolute atomic E-state index is 12.6. The summed E-state index contributed by atoms with van der Waals surface area (Å²) in [6, 6.07) is 22.5. The fourth-order valence-electron chi connectivity index (χ4n) is 3.47. The number of amides is 2. The molecule has 1 aromatic heterocycles. The third-order valence-electron chi connectivity index (χ3n) is 5.26. The van der Waals surface area contributed by atoms with Gasteiger partial charge in [-0.1, -0.05) is 18.2 Å². The molecule has 36 heavy (non-hydrogen) atoms. The molecular weight excluding hydrogens is 458 g/mol. The minimum Gasteiger partial charge on any atom is -0.494 e. The largest absolute Gasteiger partial charge is 0.494 e. The van der Waals surface area contributed by atoms with Crippen LogP contribution in [-0.2, 0) is 7.05 Å². The van der Waals surface area contributed by atoms with Crippen molar-refractivity contribution in [2.45, 2.75) is 6.92 Å². The second kappa shape index (κ2) is 10.9. The Balaban J connectivity index is 1.43. The molecule has 0 unspecified atom stereocenters. The van der Waals surface area contributed by atoms with E-state index in [0.717, 1.165) is 5.56 Å². The van der Waals surface area contributed by atoms with Crippen LogP contribution in [0.25, 0.3) is 11.3 Å². The van der Waals surface area contributed by atoms with Crippen molar-refractivity contribution < 1.29 is 14.3 Å². The Bertz CT molecular complexity index is 1440. The number of aryl methyl sites for hydroxylation is 1. The summed E-state index contributed by atoms with van der Waals surface area (Å²) in [5.74, 6) is 0.635. The van der Waals surface area contributed by atoms with Crippen LogP contribution in [0.2, 0.25) is 0 Å². The summed E-state index contributed by atoms with van der Waals surface area (Å²) in [4.78, 5) is 28.2. The predicted molar refractivity (Wildman–Crippen MR) is 136 cm³/mol. The molecule has 3 N–H and O–H groups in total. The number of rotatable bonds is 8. The second-order valence-electron chi connectivity index (χ2n) is 7.73. The van der Waals surface area contributed by atoms with Crippen LogP contribution in [0, 0.1) is 5.53 Å². The Labute approximate surface area is 207 Å². The van der Waals surface area contributed by atoms with Gasteiger partial charge in [-0.05, 0) is 61.5 Å². The van der Waals surface area contributed by atoms with Crippen molar-refractivity contribution >= 4 is 29.0 Å². The molecule has 0 spiro atoms. The summed E-state index contributed by atoms with van der Waals surface area (Å²) in [6.45, 7) is 2.42.